The van der Waals surface area contributed by atoms with E-state index in [2.05, 4.69) is 29.5 Å². The van der Waals surface area contributed by atoms with Crippen LogP contribution in [0.1, 0.15) is 48.6 Å². The Morgan fingerprint density at radius 1 is 0.919 bits per heavy atom. The number of amides is 2. The van der Waals surface area contributed by atoms with Crippen molar-refractivity contribution < 1.29 is 9.59 Å². The predicted octanol–water partition coefficient (Wildman–Crippen LogP) is 5.29. The maximum atomic E-state index is 14.2. The second kappa shape index (κ2) is 11.4. The number of hydrogen-bond acceptors (Lipinski definition) is 4. The molecule has 0 bridgehead atoms. The fraction of sp³-hybridized carbons (Fsp3) is 0.333. The summed E-state index contributed by atoms with van der Waals surface area (Å²) in [5.41, 5.74) is 5.91. The first-order valence-electron chi connectivity index (χ1n) is 12.8. The Bertz CT molecular complexity index is 1370. The SMILES string of the molecule is Cc1ccc([C@H](C(=O)NCCC(C)C)N(C(=O)Cn2nnc3ccccc32)c2c(C)cccc2C)cc1. The topological polar surface area (TPSA) is 80.1 Å². The van der Waals surface area contributed by atoms with Crippen LogP contribution in [0.2, 0.25) is 0 Å². The number of nitrogens with one attached hydrogen (secondary N) is 1. The third kappa shape index (κ3) is 5.88. The molecule has 3 aromatic carbocycles. The molecular weight excluding hydrogens is 462 g/mol. The molecule has 0 fully saturated rings. The van der Waals surface area contributed by atoms with Gasteiger partial charge in [0.15, 0.2) is 0 Å². The number of anilines is 1. The molecule has 0 aliphatic rings. The number of hydrogen-bond donors (Lipinski definition) is 1. The molecule has 0 radical (unpaired) electrons. The van der Waals surface area contributed by atoms with Gasteiger partial charge >= 0.3 is 0 Å². The summed E-state index contributed by atoms with van der Waals surface area (Å²) in [6.45, 7) is 10.7. The Morgan fingerprint density at radius 2 is 1.59 bits per heavy atom. The van der Waals surface area contributed by atoms with E-state index in [-0.39, 0.29) is 18.4 Å². The Balaban J connectivity index is 1.81. The lowest BCUT2D eigenvalue weighted by Gasteiger charge is -2.34. The number of fused-ring (bicyclic) bond motifs is 1. The van der Waals surface area contributed by atoms with Crippen LogP contribution in [0.25, 0.3) is 11.0 Å². The standard InChI is InChI=1S/C30H35N5O2/c1-20(2)17-18-31-30(37)29(24-15-13-21(3)14-16-24)35(28-22(4)9-8-10-23(28)5)27(36)19-34-26-12-7-6-11-25(26)32-33-34/h6-16,20,29H,17-19H2,1-5H3,(H,31,37)/t29-/m1/s1. The number of nitrogens with zero attached hydrogens (tertiary/aromatic N) is 4. The van der Waals surface area contributed by atoms with Crippen molar-refractivity contribution in [1.29, 1.82) is 0 Å². The summed E-state index contributed by atoms with van der Waals surface area (Å²) >= 11 is 0. The van der Waals surface area contributed by atoms with Crippen LogP contribution in [-0.4, -0.2) is 33.4 Å². The molecule has 0 aliphatic heterocycles. The zero-order valence-corrected chi connectivity index (χ0v) is 22.2. The molecule has 2 amide bonds. The monoisotopic (exact) mass is 497 g/mol. The molecule has 1 atom stereocenters. The van der Waals surface area contributed by atoms with Crippen LogP contribution in [0.5, 0.6) is 0 Å². The fourth-order valence-electron chi connectivity index (χ4n) is 4.57. The van der Waals surface area contributed by atoms with Gasteiger partial charge in [-0.15, -0.1) is 5.10 Å². The maximum Gasteiger partial charge on any atom is 0.249 e. The molecule has 0 spiro atoms. The molecule has 37 heavy (non-hydrogen) atoms. The van der Waals surface area contributed by atoms with Crippen LogP contribution in [0.3, 0.4) is 0 Å². The molecule has 0 aliphatic carbocycles. The van der Waals surface area contributed by atoms with Gasteiger partial charge in [-0.3, -0.25) is 14.5 Å². The summed E-state index contributed by atoms with van der Waals surface area (Å²) in [4.78, 5) is 29.7. The highest BCUT2D eigenvalue weighted by Crippen LogP contribution is 2.34. The van der Waals surface area contributed by atoms with Crippen molar-refractivity contribution in [2.75, 3.05) is 11.4 Å². The van der Waals surface area contributed by atoms with Crippen molar-refractivity contribution in [1.82, 2.24) is 20.3 Å². The van der Waals surface area contributed by atoms with Gasteiger partial charge in [0.05, 0.1) is 11.2 Å². The van der Waals surface area contributed by atoms with Gasteiger partial charge in [-0.1, -0.05) is 79.2 Å². The van der Waals surface area contributed by atoms with Gasteiger partial charge in [0.2, 0.25) is 11.8 Å². The molecule has 1 N–H and O–H groups in total. The minimum Gasteiger partial charge on any atom is -0.354 e. The molecule has 1 heterocycles. The molecule has 0 saturated heterocycles. The molecule has 7 heteroatoms. The average molecular weight is 498 g/mol. The molecular formula is C30H35N5O2. The second-order valence-electron chi connectivity index (χ2n) is 10.0. The normalized spacial score (nSPS) is 12.1. The first-order valence-corrected chi connectivity index (χ1v) is 12.8. The molecule has 4 rings (SSSR count). The average Bonchev–Trinajstić information content (AvgIpc) is 3.26. The Morgan fingerprint density at radius 3 is 2.27 bits per heavy atom. The highest BCUT2D eigenvalue weighted by molar-refractivity contribution is 6.02. The van der Waals surface area contributed by atoms with Crippen LogP contribution >= 0.6 is 0 Å². The van der Waals surface area contributed by atoms with Crippen molar-refractivity contribution in [2.24, 2.45) is 5.92 Å². The summed E-state index contributed by atoms with van der Waals surface area (Å²) in [7, 11) is 0. The minimum atomic E-state index is -0.838. The third-order valence-corrected chi connectivity index (χ3v) is 6.57. The number of rotatable bonds is 9. The lowest BCUT2D eigenvalue weighted by molar-refractivity contribution is -0.127. The first kappa shape index (κ1) is 26.1. The maximum absolute atomic E-state index is 14.2. The summed E-state index contributed by atoms with van der Waals surface area (Å²) in [5.74, 6) is 0.0108. The Kier molecular flexibility index (Phi) is 8.01. The summed E-state index contributed by atoms with van der Waals surface area (Å²) in [6, 6.07) is 20.4. The molecule has 1 aromatic heterocycles. The van der Waals surface area contributed by atoms with E-state index < -0.39 is 6.04 Å². The van der Waals surface area contributed by atoms with E-state index in [0.29, 0.717) is 12.5 Å². The van der Waals surface area contributed by atoms with Crippen LogP contribution in [0, 0.1) is 26.7 Å². The smallest absolute Gasteiger partial charge is 0.249 e. The van der Waals surface area contributed by atoms with Crippen LogP contribution in [0.15, 0.2) is 66.7 Å². The number of aromatic nitrogens is 3. The van der Waals surface area contributed by atoms with Gasteiger partial charge in [-0.2, -0.15) is 0 Å². The van der Waals surface area contributed by atoms with Crippen LogP contribution < -0.4 is 10.2 Å². The highest BCUT2D eigenvalue weighted by atomic mass is 16.2. The minimum absolute atomic E-state index is 0.0457. The Labute approximate surface area is 218 Å². The fourth-order valence-corrected chi connectivity index (χ4v) is 4.57. The summed E-state index contributed by atoms with van der Waals surface area (Å²) in [6.07, 6.45) is 0.856. The predicted molar refractivity (Wildman–Crippen MR) is 147 cm³/mol. The molecule has 0 unspecified atom stereocenters. The molecule has 0 saturated carbocycles. The van der Waals surface area contributed by atoms with Gasteiger partial charge in [-0.05, 0) is 61.9 Å². The van der Waals surface area contributed by atoms with Crippen molar-refractivity contribution in [3.05, 3.63) is 89.0 Å². The molecule has 7 nitrogen and oxygen atoms in total. The first-order chi connectivity index (χ1) is 17.8. The Hall–Kier alpha value is -4.00. The van der Waals surface area contributed by atoms with Gasteiger partial charge in [0.25, 0.3) is 0 Å². The van der Waals surface area contributed by atoms with E-state index in [9.17, 15) is 9.59 Å². The van der Waals surface area contributed by atoms with Gasteiger partial charge in [0.1, 0.15) is 18.1 Å². The number of aryl methyl sites for hydroxylation is 3. The number of carbonyl (C=O) groups is 2. The second-order valence-corrected chi connectivity index (χ2v) is 10.0. The quantitative estimate of drug-likeness (QED) is 0.341. The van der Waals surface area contributed by atoms with Gasteiger partial charge in [0, 0.05) is 6.54 Å². The van der Waals surface area contributed by atoms with E-state index in [1.54, 1.807) is 9.58 Å². The van der Waals surface area contributed by atoms with Crippen LogP contribution in [0.4, 0.5) is 5.69 Å². The lowest BCUT2D eigenvalue weighted by Crippen LogP contribution is -2.46. The van der Waals surface area contributed by atoms with E-state index in [1.807, 2.05) is 87.5 Å². The van der Waals surface area contributed by atoms with E-state index in [1.165, 1.54) is 0 Å². The van der Waals surface area contributed by atoms with E-state index >= 15 is 0 Å². The van der Waals surface area contributed by atoms with Gasteiger partial charge < -0.3 is 5.32 Å². The van der Waals surface area contributed by atoms with Crippen molar-refractivity contribution in [2.45, 2.75) is 53.6 Å². The number of benzene rings is 3. The van der Waals surface area contributed by atoms with Crippen molar-refractivity contribution >= 4 is 28.5 Å². The zero-order chi connectivity index (χ0) is 26.5. The number of para-hydroxylation sites is 2. The summed E-state index contributed by atoms with van der Waals surface area (Å²) in [5, 5.41) is 11.5. The van der Waals surface area contributed by atoms with Crippen molar-refractivity contribution in [3.8, 4) is 0 Å². The van der Waals surface area contributed by atoms with E-state index in [4.69, 9.17) is 0 Å². The van der Waals surface area contributed by atoms with Crippen molar-refractivity contribution in [3.63, 3.8) is 0 Å². The zero-order valence-electron chi connectivity index (χ0n) is 22.2. The largest absolute Gasteiger partial charge is 0.354 e. The summed E-state index contributed by atoms with van der Waals surface area (Å²) < 4.78 is 1.60. The van der Waals surface area contributed by atoms with E-state index in [0.717, 1.165) is 45.4 Å². The third-order valence-electron chi connectivity index (χ3n) is 6.57. The van der Waals surface area contributed by atoms with Crippen LogP contribution in [-0.2, 0) is 16.1 Å². The molecule has 4 aromatic rings. The molecule has 192 valence electrons. The number of carbonyl (C=O) groups excluding carboxylic acids is 2. The van der Waals surface area contributed by atoms with Gasteiger partial charge in [-0.25, -0.2) is 4.68 Å². The lowest BCUT2D eigenvalue weighted by atomic mass is 9.99. The highest BCUT2D eigenvalue weighted by Gasteiger charge is 2.34.